The van der Waals surface area contributed by atoms with Gasteiger partial charge in [-0.05, 0) is 68.2 Å². The minimum atomic E-state index is -0.0157. The fourth-order valence-corrected chi connectivity index (χ4v) is 2.62. The zero-order valence-electron chi connectivity index (χ0n) is 15.1. The molecule has 1 aromatic heterocycles. The number of nitrogens with zero attached hydrogens (tertiary/aromatic N) is 2. The Hall–Kier alpha value is -2.98. The number of carbonyl (C=O) groups is 1. The van der Waals surface area contributed by atoms with Crippen molar-refractivity contribution in [3.8, 4) is 0 Å². The van der Waals surface area contributed by atoms with Gasteiger partial charge in [-0.2, -0.15) is 0 Å². The second-order valence-electron chi connectivity index (χ2n) is 6.47. The molecule has 0 radical (unpaired) electrons. The molecule has 4 heteroatoms. The first-order valence-corrected chi connectivity index (χ1v) is 8.68. The lowest BCUT2D eigenvalue weighted by molar-refractivity contribution is 0.104. The van der Waals surface area contributed by atoms with E-state index in [9.17, 15) is 4.79 Å². The average molecular weight is 345 g/mol. The van der Waals surface area contributed by atoms with Crippen LogP contribution in [-0.2, 0) is 0 Å². The van der Waals surface area contributed by atoms with E-state index < -0.39 is 0 Å². The second kappa shape index (κ2) is 8.41. The highest BCUT2D eigenvalue weighted by molar-refractivity contribution is 6.07. The maximum absolute atomic E-state index is 12.4. The van der Waals surface area contributed by atoms with Gasteiger partial charge in [0, 0.05) is 35.9 Å². The zero-order valence-corrected chi connectivity index (χ0v) is 15.1. The van der Waals surface area contributed by atoms with Gasteiger partial charge in [0.2, 0.25) is 0 Å². The van der Waals surface area contributed by atoms with Crippen LogP contribution in [0.4, 0.5) is 5.69 Å². The van der Waals surface area contributed by atoms with E-state index in [2.05, 4.69) is 15.2 Å². The molecule has 26 heavy (non-hydrogen) atoms. The van der Waals surface area contributed by atoms with E-state index in [1.54, 1.807) is 12.3 Å². The number of benzene rings is 2. The van der Waals surface area contributed by atoms with Crippen molar-refractivity contribution in [2.24, 2.45) is 0 Å². The fourth-order valence-electron chi connectivity index (χ4n) is 2.62. The number of hydrogen-bond donors (Lipinski definition) is 1. The number of anilines is 1. The predicted molar refractivity (Wildman–Crippen MR) is 109 cm³/mol. The number of fused-ring (bicyclic) bond motifs is 1. The van der Waals surface area contributed by atoms with Crippen molar-refractivity contribution in [3.63, 3.8) is 0 Å². The van der Waals surface area contributed by atoms with E-state index in [0.717, 1.165) is 35.2 Å². The number of carbonyl (C=O) groups excluding carboxylic acids is 1. The first-order chi connectivity index (χ1) is 12.6. The molecule has 0 spiro atoms. The lowest BCUT2D eigenvalue weighted by atomic mass is 10.1. The largest absolute Gasteiger partial charge is 0.384 e. The summed E-state index contributed by atoms with van der Waals surface area (Å²) in [5.74, 6) is -0.0157. The quantitative estimate of drug-likeness (QED) is 0.517. The molecule has 0 aliphatic rings. The van der Waals surface area contributed by atoms with Crippen LogP contribution in [0.1, 0.15) is 15.9 Å². The SMILES string of the molecule is CN(C)CCNc1ccc(C(=O)C=Cc2cnc3ccccc3c2)cc1. The molecule has 0 saturated carbocycles. The van der Waals surface area contributed by atoms with E-state index in [1.807, 2.05) is 74.8 Å². The molecule has 0 fully saturated rings. The van der Waals surface area contributed by atoms with Crippen molar-refractivity contribution in [3.05, 3.63) is 78.0 Å². The van der Waals surface area contributed by atoms with Crippen LogP contribution in [0.15, 0.2) is 66.9 Å². The number of rotatable bonds is 7. The summed E-state index contributed by atoms with van der Waals surface area (Å²) in [4.78, 5) is 18.9. The molecule has 1 N–H and O–H groups in total. The lowest BCUT2D eigenvalue weighted by Crippen LogP contribution is -2.20. The van der Waals surface area contributed by atoms with Crippen LogP contribution in [0.5, 0.6) is 0 Å². The third-order valence-electron chi connectivity index (χ3n) is 4.10. The summed E-state index contributed by atoms with van der Waals surface area (Å²) < 4.78 is 0. The minimum absolute atomic E-state index is 0.0157. The second-order valence-corrected chi connectivity index (χ2v) is 6.47. The maximum atomic E-state index is 12.4. The highest BCUT2D eigenvalue weighted by Crippen LogP contribution is 2.15. The van der Waals surface area contributed by atoms with Crippen LogP contribution in [0.25, 0.3) is 17.0 Å². The topological polar surface area (TPSA) is 45.2 Å². The highest BCUT2D eigenvalue weighted by atomic mass is 16.1. The first kappa shape index (κ1) is 17.8. The number of ketones is 1. The molecule has 3 aromatic rings. The van der Waals surface area contributed by atoms with Crippen molar-refractivity contribution in [1.82, 2.24) is 9.88 Å². The van der Waals surface area contributed by atoms with E-state index in [-0.39, 0.29) is 5.78 Å². The van der Waals surface area contributed by atoms with Crippen molar-refractivity contribution in [2.45, 2.75) is 0 Å². The number of pyridine rings is 1. The Morgan fingerprint density at radius 2 is 1.88 bits per heavy atom. The molecule has 0 aliphatic carbocycles. The van der Waals surface area contributed by atoms with Crippen LogP contribution in [-0.4, -0.2) is 42.9 Å². The number of hydrogen-bond acceptors (Lipinski definition) is 4. The standard InChI is InChI=1S/C22H23N3O/c1-25(2)14-13-23-20-10-8-18(9-11-20)22(26)12-7-17-15-19-5-3-4-6-21(19)24-16-17/h3-12,15-16,23H,13-14H2,1-2H3. The Kier molecular flexibility index (Phi) is 5.77. The van der Waals surface area contributed by atoms with E-state index >= 15 is 0 Å². The van der Waals surface area contributed by atoms with Gasteiger partial charge in [-0.3, -0.25) is 9.78 Å². The lowest BCUT2D eigenvalue weighted by Gasteiger charge is -2.11. The van der Waals surface area contributed by atoms with E-state index in [4.69, 9.17) is 0 Å². The highest BCUT2D eigenvalue weighted by Gasteiger charge is 2.02. The smallest absolute Gasteiger partial charge is 0.185 e. The van der Waals surface area contributed by atoms with Gasteiger partial charge in [0.15, 0.2) is 5.78 Å². The molecule has 4 nitrogen and oxygen atoms in total. The molecule has 1 heterocycles. The number of para-hydroxylation sites is 1. The van der Waals surface area contributed by atoms with Crippen LogP contribution >= 0.6 is 0 Å². The van der Waals surface area contributed by atoms with Crippen LogP contribution in [0.2, 0.25) is 0 Å². The normalized spacial score (nSPS) is 11.3. The van der Waals surface area contributed by atoms with Gasteiger partial charge >= 0.3 is 0 Å². The van der Waals surface area contributed by atoms with Gasteiger partial charge in [-0.25, -0.2) is 0 Å². The predicted octanol–water partition coefficient (Wildman–Crippen LogP) is 4.10. The molecule has 0 atom stereocenters. The summed E-state index contributed by atoms with van der Waals surface area (Å²) in [5.41, 5.74) is 3.56. The van der Waals surface area contributed by atoms with E-state index in [1.165, 1.54) is 0 Å². The Balaban J connectivity index is 1.63. The molecule has 0 saturated heterocycles. The van der Waals surface area contributed by atoms with Crippen LogP contribution in [0, 0.1) is 0 Å². The van der Waals surface area contributed by atoms with Gasteiger partial charge in [0.1, 0.15) is 0 Å². The molecule has 0 aliphatic heterocycles. The van der Waals surface area contributed by atoms with Crippen LogP contribution in [0.3, 0.4) is 0 Å². The Bertz CT molecular complexity index is 914. The fraction of sp³-hybridized carbons (Fsp3) is 0.182. The van der Waals surface area contributed by atoms with Gasteiger partial charge in [-0.1, -0.05) is 18.2 Å². The molecular formula is C22H23N3O. The maximum Gasteiger partial charge on any atom is 0.185 e. The van der Waals surface area contributed by atoms with Gasteiger partial charge in [-0.15, -0.1) is 0 Å². The third-order valence-corrected chi connectivity index (χ3v) is 4.10. The summed E-state index contributed by atoms with van der Waals surface area (Å²) >= 11 is 0. The Morgan fingerprint density at radius 3 is 2.65 bits per heavy atom. The summed E-state index contributed by atoms with van der Waals surface area (Å²) in [6.45, 7) is 1.83. The zero-order chi connectivity index (χ0) is 18.4. The summed E-state index contributed by atoms with van der Waals surface area (Å²) in [6, 6.07) is 17.6. The summed E-state index contributed by atoms with van der Waals surface area (Å²) in [7, 11) is 4.09. The number of aromatic nitrogens is 1. The molecule has 0 unspecified atom stereocenters. The number of likely N-dealkylation sites (N-methyl/N-ethyl adjacent to an activating group) is 1. The number of nitrogens with one attached hydrogen (secondary N) is 1. The van der Waals surface area contributed by atoms with Crippen molar-refractivity contribution in [2.75, 3.05) is 32.5 Å². The summed E-state index contributed by atoms with van der Waals surface area (Å²) in [5, 5.41) is 4.40. The van der Waals surface area contributed by atoms with Gasteiger partial charge in [0.05, 0.1) is 5.52 Å². The Labute approximate surface area is 154 Å². The Morgan fingerprint density at radius 1 is 1.12 bits per heavy atom. The number of allylic oxidation sites excluding steroid dienone is 1. The van der Waals surface area contributed by atoms with Gasteiger partial charge < -0.3 is 10.2 Å². The molecule has 0 amide bonds. The molecule has 0 bridgehead atoms. The third kappa shape index (κ3) is 4.77. The van der Waals surface area contributed by atoms with Gasteiger partial charge in [0.25, 0.3) is 0 Å². The van der Waals surface area contributed by atoms with Crippen molar-refractivity contribution < 1.29 is 4.79 Å². The van der Waals surface area contributed by atoms with Crippen molar-refractivity contribution in [1.29, 1.82) is 0 Å². The molecular weight excluding hydrogens is 322 g/mol. The monoisotopic (exact) mass is 345 g/mol. The molecule has 3 rings (SSSR count). The molecule has 132 valence electrons. The van der Waals surface area contributed by atoms with Crippen molar-refractivity contribution >= 4 is 28.4 Å². The average Bonchev–Trinajstić information content (AvgIpc) is 2.66. The van der Waals surface area contributed by atoms with E-state index in [0.29, 0.717) is 5.56 Å². The first-order valence-electron chi connectivity index (χ1n) is 8.68. The van der Waals surface area contributed by atoms with Crippen LogP contribution < -0.4 is 5.32 Å². The minimum Gasteiger partial charge on any atom is -0.384 e. The summed E-state index contributed by atoms with van der Waals surface area (Å²) in [6.07, 6.45) is 5.19. The molecule has 2 aromatic carbocycles.